The van der Waals surface area contributed by atoms with Gasteiger partial charge in [0.1, 0.15) is 13.1 Å². The molecule has 31 heteroatoms. The number of fused-ring (bicyclic) bond motifs is 6. The van der Waals surface area contributed by atoms with E-state index in [1.165, 1.54) is 9.80 Å². The maximum atomic E-state index is 12.9. The first-order valence-electron chi connectivity index (χ1n) is 22.1. The van der Waals surface area contributed by atoms with Gasteiger partial charge in [-0.05, 0) is 60.7 Å². The minimum absolute atomic E-state index is 0. The van der Waals surface area contributed by atoms with Gasteiger partial charge in [-0.25, -0.2) is 0 Å². The van der Waals surface area contributed by atoms with Crippen LogP contribution in [0.4, 0.5) is 34.5 Å². The van der Waals surface area contributed by atoms with Gasteiger partial charge in [-0.3, -0.25) is 40.2 Å². The predicted octanol–water partition coefficient (Wildman–Crippen LogP) is 8.23. The third kappa shape index (κ3) is 28.8. The average molecular weight is 1220 g/mol. The van der Waals surface area contributed by atoms with Gasteiger partial charge in [-0.15, -0.1) is 47.0 Å². The molecule has 0 aliphatic carbocycles. The van der Waals surface area contributed by atoms with E-state index in [0.717, 1.165) is 131 Å². The molecule has 0 spiro atoms. The van der Waals surface area contributed by atoms with Crippen LogP contribution in [0.5, 0.6) is 11.5 Å². The Bertz CT molecular complexity index is 2470. The summed E-state index contributed by atoms with van der Waals surface area (Å²) >= 11 is 20.5. The summed E-state index contributed by atoms with van der Waals surface area (Å²) in [5.74, 6) is 7.93. The van der Waals surface area contributed by atoms with Crippen molar-refractivity contribution in [1.82, 2.24) is 19.9 Å². The number of benzene rings is 2. The second-order valence-corrected chi connectivity index (χ2v) is 20.9. The SMILES string of the molecule is C[N+](=O)[O-].C[N+](=O)[O-].F[B-](F)(F)F.F[B-](F)(F)F.[Cu+2].[O-]c1c(C[NH+]2CCSCc3cccc(n3)CSCC2)cc(Cl)c2cccnc12.[O-]c1c(C[NH+]2CCSCc3cccc(n3)CSCC2)cc(Cl)c2cccnc12. The second-order valence-electron chi connectivity index (χ2n) is 15.7. The first-order valence-corrected chi connectivity index (χ1v) is 27.5. The van der Waals surface area contributed by atoms with Gasteiger partial charge in [0.25, 0.3) is 0 Å². The summed E-state index contributed by atoms with van der Waals surface area (Å²) < 4.78 is 78.0. The number of hydrogen-bond acceptors (Lipinski definition) is 14. The van der Waals surface area contributed by atoms with E-state index >= 15 is 0 Å². The number of hydrogen-bond donors (Lipinski definition) is 2. The fraction of sp³-hybridized carbons (Fsp3) is 0.364. The number of nitrogens with zero attached hydrogens (tertiary/aromatic N) is 6. The minimum atomic E-state index is -6.00. The molecule has 6 heterocycles. The Morgan fingerprint density at radius 3 is 1.08 bits per heavy atom. The molecule has 2 aliphatic rings. The fourth-order valence-corrected chi connectivity index (χ4v) is 11.2. The van der Waals surface area contributed by atoms with E-state index in [1.807, 2.05) is 83.4 Å². The first kappa shape index (κ1) is 67.1. The molecule has 1 radical (unpaired) electrons. The van der Waals surface area contributed by atoms with Crippen LogP contribution in [0.1, 0.15) is 33.9 Å². The zero-order chi connectivity index (χ0) is 54.8. The van der Waals surface area contributed by atoms with Crippen molar-refractivity contribution in [3.63, 3.8) is 0 Å². The van der Waals surface area contributed by atoms with Gasteiger partial charge in [0.05, 0.1) is 70.0 Å². The molecule has 8 rings (SSSR count). The van der Waals surface area contributed by atoms with Crippen LogP contribution in [-0.2, 0) is 53.2 Å². The van der Waals surface area contributed by atoms with E-state index < -0.39 is 24.4 Å². The van der Waals surface area contributed by atoms with Gasteiger partial charge in [-0.2, -0.15) is 0 Å². The molecule has 0 saturated heterocycles. The predicted molar refractivity (Wildman–Crippen MR) is 281 cm³/mol. The van der Waals surface area contributed by atoms with Crippen LogP contribution in [0.2, 0.25) is 10.0 Å². The molecule has 6 aromatic rings. The standard InChI is InChI=1S/2C21H22ClN3OS2.2CH3NO2.2BF4.Cu/c2*22-19-11-15(21(26)20-18(19)5-2-6-23-20)12-25-7-9-27-13-16-3-1-4-17(24-16)14-28-10-8-25;2*1-2(3)4;2*2-1(3,4)5;/h2*1-6,11,26H,7-10,12-14H2;2*1H3;;;/q;;;;2*-1;+2. The molecule has 2 aromatic carbocycles. The largest absolute Gasteiger partial charge is 2.00 e. The molecule has 0 atom stereocenters. The van der Waals surface area contributed by atoms with Gasteiger partial charge in [0.15, 0.2) is 14.1 Å². The van der Waals surface area contributed by atoms with E-state index in [1.54, 1.807) is 12.4 Å². The number of halogens is 10. The molecule has 2 aliphatic heterocycles. The zero-order valence-corrected chi connectivity index (χ0v) is 45.7. The molecular formula is C44H50B2Cl2CuF8N8O6S4. The quantitative estimate of drug-likeness (QED) is 0.0742. The molecule has 2 N–H and O–H groups in total. The van der Waals surface area contributed by atoms with Crippen molar-refractivity contribution < 1.29 is 81.5 Å². The van der Waals surface area contributed by atoms with Crippen molar-refractivity contribution in [3.8, 4) is 11.5 Å². The fourth-order valence-electron chi connectivity index (χ4n) is 6.81. The molecule has 14 nitrogen and oxygen atoms in total. The van der Waals surface area contributed by atoms with E-state index in [4.69, 9.17) is 53.4 Å². The molecule has 0 unspecified atom stereocenters. The summed E-state index contributed by atoms with van der Waals surface area (Å²) in [6, 6.07) is 23.6. The monoisotopic (exact) mass is 1220 g/mol. The van der Waals surface area contributed by atoms with Gasteiger partial charge >= 0.3 is 31.6 Å². The normalized spacial score (nSPS) is 14.6. The van der Waals surface area contributed by atoms with Crippen LogP contribution in [0.15, 0.2) is 85.2 Å². The van der Waals surface area contributed by atoms with Gasteiger partial charge in [0.2, 0.25) is 0 Å². The Hall–Kier alpha value is -4.05. The maximum absolute atomic E-state index is 12.9. The zero-order valence-electron chi connectivity index (χ0n) is 40.0. The molecule has 0 amide bonds. The second kappa shape index (κ2) is 34.7. The Morgan fingerprint density at radius 2 is 0.813 bits per heavy atom. The molecule has 4 aromatic heterocycles. The van der Waals surface area contributed by atoms with Crippen molar-refractivity contribution in [2.45, 2.75) is 36.1 Å². The Morgan fingerprint density at radius 1 is 0.547 bits per heavy atom. The third-order valence-corrected chi connectivity index (χ3v) is 14.4. The van der Waals surface area contributed by atoms with E-state index in [9.17, 15) is 44.7 Å². The summed E-state index contributed by atoms with van der Waals surface area (Å²) in [5.41, 5.74) is 7.09. The number of rotatable bonds is 4. The van der Waals surface area contributed by atoms with Crippen LogP contribution in [0, 0.1) is 20.2 Å². The minimum Gasteiger partial charge on any atom is -0.871 e. The first-order chi connectivity index (χ1) is 34.9. The van der Waals surface area contributed by atoms with Gasteiger partial charge in [-0.1, -0.05) is 46.8 Å². The Labute approximate surface area is 465 Å². The maximum Gasteiger partial charge on any atom is 2.00 e. The van der Waals surface area contributed by atoms with Crippen molar-refractivity contribution in [3.05, 3.63) is 149 Å². The molecule has 0 fully saturated rings. The van der Waals surface area contributed by atoms with Crippen LogP contribution in [-0.4, -0.2) is 108 Å². The van der Waals surface area contributed by atoms with Crippen molar-refractivity contribution >= 4 is 107 Å². The molecular weight excluding hydrogens is 1170 g/mol. The molecule has 75 heavy (non-hydrogen) atoms. The van der Waals surface area contributed by atoms with Crippen LogP contribution >= 0.6 is 70.2 Å². The number of pyridine rings is 4. The molecule has 4 bridgehead atoms. The van der Waals surface area contributed by atoms with Gasteiger partial charge < -0.3 is 54.5 Å². The topological polar surface area (TPSA) is 193 Å². The number of nitro groups is 2. The number of quaternary nitrogens is 2. The van der Waals surface area contributed by atoms with E-state index in [2.05, 4.69) is 46.4 Å². The summed E-state index contributed by atoms with van der Waals surface area (Å²) in [6.07, 6.45) is 3.31. The van der Waals surface area contributed by atoms with Crippen molar-refractivity contribution in [1.29, 1.82) is 0 Å². The van der Waals surface area contributed by atoms with E-state index in [-0.39, 0.29) is 28.6 Å². The summed E-state index contributed by atoms with van der Waals surface area (Å²) in [6.45, 7) is 5.44. The smallest absolute Gasteiger partial charge is 0.871 e. The summed E-state index contributed by atoms with van der Waals surface area (Å²) in [4.78, 5) is 37.5. The number of aromatic nitrogens is 4. The molecule has 0 saturated carbocycles. The molecule has 413 valence electrons. The Balaban J connectivity index is 0.000000385. The van der Waals surface area contributed by atoms with Crippen LogP contribution in [0.25, 0.3) is 21.8 Å². The summed E-state index contributed by atoms with van der Waals surface area (Å²) in [5, 5.41) is 46.1. The van der Waals surface area contributed by atoms with Crippen LogP contribution < -0.4 is 20.0 Å². The summed E-state index contributed by atoms with van der Waals surface area (Å²) in [7, 11) is -10.2. The van der Waals surface area contributed by atoms with Crippen molar-refractivity contribution in [2.75, 3.05) is 63.3 Å². The van der Waals surface area contributed by atoms with Gasteiger partial charge in [0, 0.05) is 90.2 Å². The third-order valence-electron chi connectivity index (χ3n) is 9.75. The van der Waals surface area contributed by atoms with E-state index in [0.29, 0.717) is 34.2 Å². The number of nitrogens with one attached hydrogen (secondary N) is 2. The van der Waals surface area contributed by atoms with Crippen LogP contribution in [0.3, 0.4) is 0 Å². The Kier molecular flexibility index (Phi) is 31.0. The average Bonchev–Trinajstić information content (AvgIpc) is 3.31. The van der Waals surface area contributed by atoms with Crippen molar-refractivity contribution in [2.24, 2.45) is 0 Å². The number of thioether (sulfide) groups is 4.